The largest absolute Gasteiger partial charge is 0.353 e. The standard InChI is InChI=1S/C18H25NO2/c1-3-14(2)16-13-21-18(11-7-8-12-18)19(16)17(20)15-9-5-4-6-10-15/h4-6,9-10,14,16H,3,7-8,11-13H2,1-2H3. The van der Waals surface area contributed by atoms with Gasteiger partial charge in [-0.15, -0.1) is 0 Å². The van der Waals surface area contributed by atoms with E-state index in [1.54, 1.807) is 0 Å². The average Bonchev–Trinajstić information content (AvgIpc) is 3.15. The van der Waals surface area contributed by atoms with Crippen LogP contribution >= 0.6 is 0 Å². The van der Waals surface area contributed by atoms with E-state index >= 15 is 0 Å². The quantitative estimate of drug-likeness (QED) is 0.845. The minimum absolute atomic E-state index is 0.139. The zero-order chi connectivity index (χ0) is 14.9. The lowest BCUT2D eigenvalue weighted by atomic mass is 9.96. The summed E-state index contributed by atoms with van der Waals surface area (Å²) in [5.74, 6) is 0.609. The summed E-state index contributed by atoms with van der Waals surface area (Å²) in [5.41, 5.74) is 0.448. The highest BCUT2D eigenvalue weighted by molar-refractivity contribution is 5.95. The summed E-state index contributed by atoms with van der Waals surface area (Å²) >= 11 is 0. The fourth-order valence-electron chi connectivity index (χ4n) is 3.75. The highest BCUT2D eigenvalue weighted by Gasteiger charge is 2.52. The molecule has 1 amide bonds. The summed E-state index contributed by atoms with van der Waals surface area (Å²) in [7, 11) is 0. The smallest absolute Gasteiger partial charge is 0.256 e. The molecule has 2 unspecified atom stereocenters. The van der Waals surface area contributed by atoms with Crippen molar-refractivity contribution in [3.63, 3.8) is 0 Å². The number of benzene rings is 1. The first-order chi connectivity index (χ1) is 10.2. The van der Waals surface area contributed by atoms with Crippen LogP contribution in [0.15, 0.2) is 30.3 Å². The van der Waals surface area contributed by atoms with Crippen molar-refractivity contribution < 1.29 is 9.53 Å². The Hall–Kier alpha value is -1.35. The third kappa shape index (κ3) is 2.48. The van der Waals surface area contributed by atoms with Crippen molar-refractivity contribution in [2.24, 2.45) is 5.92 Å². The lowest BCUT2D eigenvalue weighted by molar-refractivity contribution is -0.0653. The normalized spacial score (nSPS) is 25.4. The molecule has 2 atom stereocenters. The van der Waals surface area contributed by atoms with Gasteiger partial charge < -0.3 is 9.64 Å². The lowest BCUT2D eigenvalue weighted by Gasteiger charge is -2.38. The summed E-state index contributed by atoms with van der Waals surface area (Å²) in [6, 6.07) is 9.86. The van der Waals surface area contributed by atoms with Crippen LogP contribution in [0.2, 0.25) is 0 Å². The first-order valence-electron chi connectivity index (χ1n) is 8.20. The molecule has 2 fully saturated rings. The van der Waals surface area contributed by atoms with Crippen molar-refractivity contribution in [3.05, 3.63) is 35.9 Å². The number of carbonyl (C=O) groups is 1. The van der Waals surface area contributed by atoms with Crippen molar-refractivity contribution in [1.29, 1.82) is 0 Å². The van der Waals surface area contributed by atoms with E-state index in [9.17, 15) is 4.79 Å². The number of hydrogen-bond donors (Lipinski definition) is 0. The molecule has 1 aliphatic heterocycles. The molecule has 21 heavy (non-hydrogen) atoms. The fourth-order valence-corrected chi connectivity index (χ4v) is 3.75. The number of nitrogens with zero attached hydrogens (tertiary/aromatic N) is 1. The minimum atomic E-state index is -0.332. The second-order valence-corrected chi connectivity index (χ2v) is 6.46. The van der Waals surface area contributed by atoms with Gasteiger partial charge in [0.05, 0.1) is 12.6 Å². The number of hydrogen-bond acceptors (Lipinski definition) is 2. The van der Waals surface area contributed by atoms with Crippen LogP contribution in [0, 0.1) is 5.92 Å². The van der Waals surface area contributed by atoms with Gasteiger partial charge in [0.1, 0.15) is 5.72 Å². The number of amides is 1. The molecule has 0 radical (unpaired) electrons. The Morgan fingerprint density at radius 1 is 1.33 bits per heavy atom. The van der Waals surface area contributed by atoms with Crippen LogP contribution in [-0.4, -0.2) is 29.2 Å². The summed E-state index contributed by atoms with van der Waals surface area (Å²) in [6.45, 7) is 5.11. The van der Waals surface area contributed by atoms with Gasteiger partial charge in [-0.3, -0.25) is 4.79 Å². The van der Waals surface area contributed by atoms with E-state index in [-0.39, 0.29) is 17.7 Å². The van der Waals surface area contributed by atoms with Crippen molar-refractivity contribution in [3.8, 4) is 0 Å². The Balaban J connectivity index is 1.94. The Morgan fingerprint density at radius 2 is 2.00 bits per heavy atom. The molecule has 1 aromatic rings. The molecule has 0 aromatic heterocycles. The van der Waals surface area contributed by atoms with Gasteiger partial charge in [0.15, 0.2) is 0 Å². The molecule has 114 valence electrons. The number of ether oxygens (including phenoxy) is 1. The molecule has 3 heteroatoms. The molecule has 1 heterocycles. The van der Waals surface area contributed by atoms with Crippen molar-refractivity contribution >= 4 is 5.91 Å². The molecule has 3 nitrogen and oxygen atoms in total. The Kier molecular flexibility index (Phi) is 4.03. The maximum atomic E-state index is 13.1. The topological polar surface area (TPSA) is 29.5 Å². The molecule has 0 N–H and O–H groups in total. The lowest BCUT2D eigenvalue weighted by Crippen LogP contribution is -2.51. The van der Waals surface area contributed by atoms with Gasteiger partial charge >= 0.3 is 0 Å². The number of rotatable bonds is 3. The fraction of sp³-hybridized carbons (Fsp3) is 0.611. The molecule has 1 aliphatic carbocycles. The Morgan fingerprint density at radius 3 is 2.62 bits per heavy atom. The zero-order valence-corrected chi connectivity index (χ0v) is 13.0. The van der Waals surface area contributed by atoms with Gasteiger partial charge in [-0.05, 0) is 43.7 Å². The SMILES string of the molecule is CCC(C)C1COC2(CCCC2)N1C(=O)c1ccccc1. The number of carbonyl (C=O) groups excluding carboxylic acids is 1. The highest BCUT2D eigenvalue weighted by Crippen LogP contribution is 2.44. The van der Waals surface area contributed by atoms with E-state index in [1.807, 2.05) is 30.3 Å². The molecular weight excluding hydrogens is 262 g/mol. The van der Waals surface area contributed by atoms with Crippen LogP contribution in [0.3, 0.4) is 0 Å². The third-order valence-electron chi connectivity index (χ3n) is 5.22. The van der Waals surface area contributed by atoms with Gasteiger partial charge in [-0.1, -0.05) is 38.5 Å². The van der Waals surface area contributed by atoms with E-state index in [0.29, 0.717) is 12.5 Å². The monoisotopic (exact) mass is 287 g/mol. The summed E-state index contributed by atoms with van der Waals surface area (Å²) in [4.78, 5) is 15.2. The van der Waals surface area contributed by atoms with Crippen molar-refractivity contribution in [2.75, 3.05) is 6.61 Å². The molecule has 3 rings (SSSR count). The third-order valence-corrected chi connectivity index (χ3v) is 5.22. The van der Waals surface area contributed by atoms with Crippen LogP contribution in [0.5, 0.6) is 0 Å². The first-order valence-corrected chi connectivity index (χ1v) is 8.20. The maximum absolute atomic E-state index is 13.1. The van der Waals surface area contributed by atoms with Gasteiger partial charge in [0.2, 0.25) is 0 Å². The van der Waals surface area contributed by atoms with E-state index in [0.717, 1.165) is 37.7 Å². The van der Waals surface area contributed by atoms with Gasteiger partial charge in [-0.2, -0.15) is 0 Å². The molecular formula is C18H25NO2. The maximum Gasteiger partial charge on any atom is 0.256 e. The predicted octanol–water partition coefficient (Wildman–Crippen LogP) is 3.84. The van der Waals surface area contributed by atoms with Crippen LogP contribution in [-0.2, 0) is 4.74 Å². The average molecular weight is 287 g/mol. The molecule has 1 aromatic carbocycles. The molecule has 0 bridgehead atoms. The van der Waals surface area contributed by atoms with Gasteiger partial charge in [-0.25, -0.2) is 0 Å². The summed E-state index contributed by atoms with van der Waals surface area (Å²) in [5, 5.41) is 0. The van der Waals surface area contributed by atoms with E-state index in [4.69, 9.17) is 4.74 Å². The van der Waals surface area contributed by atoms with Gasteiger partial charge in [0, 0.05) is 5.56 Å². The molecule has 1 saturated heterocycles. The Labute approximate surface area is 127 Å². The summed E-state index contributed by atoms with van der Waals surface area (Å²) in [6.07, 6.45) is 5.36. The van der Waals surface area contributed by atoms with Crippen LogP contribution in [0.4, 0.5) is 0 Å². The van der Waals surface area contributed by atoms with Crippen LogP contribution in [0.1, 0.15) is 56.3 Å². The van der Waals surface area contributed by atoms with E-state index < -0.39 is 0 Å². The minimum Gasteiger partial charge on any atom is -0.353 e. The molecule has 1 saturated carbocycles. The molecule has 2 aliphatic rings. The second-order valence-electron chi connectivity index (χ2n) is 6.46. The van der Waals surface area contributed by atoms with E-state index in [1.165, 1.54) is 0 Å². The van der Waals surface area contributed by atoms with Crippen molar-refractivity contribution in [1.82, 2.24) is 4.90 Å². The second kappa shape index (κ2) is 5.80. The predicted molar refractivity (Wildman–Crippen MR) is 83.0 cm³/mol. The van der Waals surface area contributed by atoms with Crippen molar-refractivity contribution in [2.45, 2.75) is 57.7 Å². The van der Waals surface area contributed by atoms with Gasteiger partial charge in [0.25, 0.3) is 5.91 Å². The van der Waals surface area contributed by atoms with E-state index in [2.05, 4.69) is 18.7 Å². The van der Waals surface area contributed by atoms with Crippen LogP contribution < -0.4 is 0 Å². The molecule has 1 spiro atoms. The van der Waals surface area contributed by atoms with Crippen LogP contribution in [0.25, 0.3) is 0 Å². The summed E-state index contributed by atoms with van der Waals surface area (Å²) < 4.78 is 6.20. The first kappa shape index (κ1) is 14.6. The highest BCUT2D eigenvalue weighted by atomic mass is 16.5. The zero-order valence-electron chi connectivity index (χ0n) is 13.0. The Bertz CT molecular complexity index is 493.